The second kappa shape index (κ2) is 6.49. The molecule has 126 valence electrons. The molecular formula is C19H23N3O2. The maximum atomic E-state index is 10.4. The number of rotatable bonds is 2. The van der Waals surface area contributed by atoms with Gasteiger partial charge in [-0.1, -0.05) is 30.3 Å². The first-order valence-electron chi connectivity index (χ1n) is 8.67. The minimum absolute atomic E-state index is 0.0190. The third-order valence-corrected chi connectivity index (χ3v) is 5.17. The van der Waals surface area contributed by atoms with E-state index >= 15 is 0 Å². The first-order chi connectivity index (χ1) is 11.7. The second-order valence-electron chi connectivity index (χ2n) is 6.83. The van der Waals surface area contributed by atoms with E-state index in [1.54, 1.807) is 12.4 Å². The number of piperidine rings is 1. The van der Waals surface area contributed by atoms with Gasteiger partial charge in [0.15, 0.2) is 0 Å². The van der Waals surface area contributed by atoms with Gasteiger partial charge in [0.25, 0.3) is 0 Å². The van der Waals surface area contributed by atoms with E-state index in [-0.39, 0.29) is 17.8 Å². The topological polar surface area (TPSA) is 58.5 Å². The minimum Gasteiger partial charge on any atom is -0.393 e. The molecule has 0 bridgehead atoms. The van der Waals surface area contributed by atoms with Crippen molar-refractivity contribution in [1.29, 1.82) is 0 Å². The summed E-state index contributed by atoms with van der Waals surface area (Å²) in [5.74, 6) is 0.781. The molecule has 2 atom stereocenters. The number of ether oxygens (including phenoxy) is 1. The first-order valence-corrected chi connectivity index (χ1v) is 8.67. The third kappa shape index (κ3) is 3.14. The quantitative estimate of drug-likeness (QED) is 0.920. The Bertz CT molecular complexity index is 657. The van der Waals surface area contributed by atoms with Crippen LogP contribution < -0.4 is 4.90 Å². The third-order valence-electron chi connectivity index (χ3n) is 5.17. The Morgan fingerprint density at radius 1 is 1.04 bits per heavy atom. The van der Waals surface area contributed by atoms with Crippen molar-refractivity contribution >= 4 is 5.95 Å². The molecule has 3 heterocycles. The molecule has 2 fully saturated rings. The summed E-state index contributed by atoms with van der Waals surface area (Å²) >= 11 is 0. The van der Waals surface area contributed by atoms with Crippen LogP contribution in [-0.4, -0.2) is 39.9 Å². The van der Waals surface area contributed by atoms with Gasteiger partial charge in [0.2, 0.25) is 5.95 Å². The van der Waals surface area contributed by atoms with Crippen LogP contribution in [-0.2, 0) is 4.74 Å². The van der Waals surface area contributed by atoms with Crippen LogP contribution in [0.5, 0.6) is 0 Å². The van der Waals surface area contributed by atoms with E-state index < -0.39 is 0 Å². The van der Waals surface area contributed by atoms with Crippen LogP contribution in [0, 0.1) is 0 Å². The standard InChI is InChI=1S/C19H23N3O2/c23-16-13-17(15-5-2-1-3-6-15)24-19(14-16)7-11-22(12-8-19)18-20-9-4-10-21-18/h1-6,9-10,16-17,23H,7-8,11-14H2/t16-,17+/m0/s1. The number of aromatic nitrogens is 2. The molecule has 1 N–H and O–H groups in total. The van der Waals surface area contributed by atoms with Gasteiger partial charge in [-0.25, -0.2) is 9.97 Å². The van der Waals surface area contributed by atoms with E-state index in [0.29, 0.717) is 6.42 Å². The Morgan fingerprint density at radius 2 is 1.75 bits per heavy atom. The molecule has 1 aromatic carbocycles. The Hall–Kier alpha value is -1.98. The van der Waals surface area contributed by atoms with E-state index in [2.05, 4.69) is 27.0 Å². The van der Waals surface area contributed by atoms with Crippen molar-refractivity contribution in [2.45, 2.75) is 43.5 Å². The molecule has 0 radical (unpaired) electrons. The number of hydrogen-bond donors (Lipinski definition) is 1. The fraction of sp³-hybridized carbons (Fsp3) is 0.474. The molecule has 24 heavy (non-hydrogen) atoms. The SMILES string of the molecule is O[C@H]1C[C@H](c2ccccc2)OC2(CCN(c3ncccn3)CC2)C1. The number of anilines is 1. The normalized spacial score (nSPS) is 26.5. The van der Waals surface area contributed by atoms with Gasteiger partial charge in [-0.05, 0) is 24.5 Å². The number of nitrogens with zero attached hydrogens (tertiary/aromatic N) is 3. The average molecular weight is 325 g/mol. The summed E-state index contributed by atoms with van der Waals surface area (Å²) in [6, 6.07) is 12.1. The number of aliphatic hydroxyl groups excluding tert-OH is 1. The van der Waals surface area contributed by atoms with E-state index in [1.807, 2.05) is 24.3 Å². The summed E-state index contributed by atoms with van der Waals surface area (Å²) in [7, 11) is 0. The predicted molar refractivity (Wildman–Crippen MR) is 91.7 cm³/mol. The van der Waals surface area contributed by atoms with Crippen molar-refractivity contribution < 1.29 is 9.84 Å². The second-order valence-corrected chi connectivity index (χ2v) is 6.83. The predicted octanol–water partition coefficient (Wildman–Crippen LogP) is 2.73. The Kier molecular flexibility index (Phi) is 4.21. The highest BCUT2D eigenvalue weighted by atomic mass is 16.5. The highest BCUT2D eigenvalue weighted by Crippen LogP contribution is 2.43. The molecule has 2 aromatic rings. The molecule has 1 spiro atoms. The zero-order valence-corrected chi connectivity index (χ0v) is 13.7. The zero-order valence-electron chi connectivity index (χ0n) is 13.7. The lowest BCUT2D eigenvalue weighted by atomic mass is 9.81. The zero-order chi connectivity index (χ0) is 16.4. The Balaban J connectivity index is 1.47. The summed E-state index contributed by atoms with van der Waals surface area (Å²) in [5.41, 5.74) is 0.924. The largest absolute Gasteiger partial charge is 0.393 e. The molecule has 0 unspecified atom stereocenters. The smallest absolute Gasteiger partial charge is 0.225 e. The van der Waals surface area contributed by atoms with Gasteiger partial charge in [-0.2, -0.15) is 0 Å². The molecule has 0 aliphatic carbocycles. The van der Waals surface area contributed by atoms with E-state index in [1.165, 1.54) is 0 Å². The molecule has 0 amide bonds. The van der Waals surface area contributed by atoms with Crippen LogP contribution in [0.15, 0.2) is 48.8 Å². The molecular weight excluding hydrogens is 302 g/mol. The van der Waals surface area contributed by atoms with Crippen LogP contribution in [0.25, 0.3) is 0 Å². The summed E-state index contributed by atoms with van der Waals surface area (Å²) in [6.45, 7) is 1.72. The highest BCUT2D eigenvalue weighted by Gasteiger charge is 2.43. The van der Waals surface area contributed by atoms with Crippen LogP contribution >= 0.6 is 0 Å². The number of aliphatic hydroxyl groups is 1. The number of benzene rings is 1. The van der Waals surface area contributed by atoms with Crippen molar-refractivity contribution in [3.63, 3.8) is 0 Å². The van der Waals surface area contributed by atoms with Gasteiger partial charge in [0.1, 0.15) is 0 Å². The van der Waals surface area contributed by atoms with Crippen molar-refractivity contribution in [3.8, 4) is 0 Å². The maximum absolute atomic E-state index is 10.4. The molecule has 0 saturated carbocycles. The van der Waals surface area contributed by atoms with Gasteiger partial charge in [0.05, 0.1) is 17.8 Å². The summed E-state index contributed by atoms with van der Waals surface area (Å²) in [5, 5.41) is 10.4. The fourth-order valence-electron chi connectivity index (χ4n) is 3.92. The summed E-state index contributed by atoms with van der Waals surface area (Å²) in [6.07, 6.45) is 6.42. The van der Waals surface area contributed by atoms with E-state index in [0.717, 1.165) is 43.9 Å². The molecule has 2 aliphatic heterocycles. The molecule has 2 aliphatic rings. The van der Waals surface area contributed by atoms with Crippen molar-refractivity contribution in [2.75, 3.05) is 18.0 Å². The molecule has 5 heteroatoms. The number of hydrogen-bond acceptors (Lipinski definition) is 5. The monoisotopic (exact) mass is 325 g/mol. The van der Waals surface area contributed by atoms with Crippen LogP contribution in [0.4, 0.5) is 5.95 Å². The summed E-state index contributed by atoms with van der Waals surface area (Å²) in [4.78, 5) is 10.9. The average Bonchev–Trinajstić information content (AvgIpc) is 2.63. The Labute approximate surface area is 142 Å². The summed E-state index contributed by atoms with van der Waals surface area (Å²) < 4.78 is 6.53. The molecule has 2 saturated heterocycles. The van der Waals surface area contributed by atoms with Crippen LogP contribution in [0.2, 0.25) is 0 Å². The van der Waals surface area contributed by atoms with Crippen molar-refractivity contribution in [1.82, 2.24) is 9.97 Å². The van der Waals surface area contributed by atoms with Gasteiger partial charge in [-0.3, -0.25) is 0 Å². The van der Waals surface area contributed by atoms with E-state index in [9.17, 15) is 5.11 Å². The minimum atomic E-state index is -0.302. The lowest BCUT2D eigenvalue weighted by Crippen LogP contribution is -2.51. The first kappa shape index (κ1) is 15.5. The maximum Gasteiger partial charge on any atom is 0.225 e. The molecule has 1 aromatic heterocycles. The van der Waals surface area contributed by atoms with Gasteiger partial charge in [0, 0.05) is 38.3 Å². The van der Waals surface area contributed by atoms with Crippen LogP contribution in [0.1, 0.15) is 37.4 Å². The highest BCUT2D eigenvalue weighted by molar-refractivity contribution is 5.30. The van der Waals surface area contributed by atoms with E-state index in [4.69, 9.17) is 4.74 Å². The van der Waals surface area contributed by atoms with Gasteiger partial charge < -0.3 is 14.7 Å². The van der Waals surface area contributed by atoms with Gasteiger partial charge in [-0.15, -0.1) is 0 Å². The fourth-order valence-corrected chi connectivity index (χ4v) is 3.92. The van der Waals surface area contributed by atoms with Crippen molar-refractivity contribution in [3.05, 3.63) is 54.4 Å². The molecule has 4 rings (SSSR count). The van der Waals surface area contributed by atoms with Gasteiger partial charge >= 0.3 is 0 Å². The van der Waals surface area contributed by atoms with Crippen molar-refractivity contribution in [2.24, 2.45) is 0 Å². The lowest BCUT2D eigenvalue weighted by Gasteiger charge is -2.48. The Morgan fingerprint density at radius 3 is 2.46 bits per heavy atom. The lowest BCUT2D eigenvalue weighted by molar-refractivity contribution is -0.173. The van der Waals surface area contributed by atoms with Crippen LogP contribution in [0.3, 0.4) is 0 Å². The molecule has 5 nitrogen and oxygen atoms in total.